The van der Waals surface area contributed by atoms with Gasteiger partial charge in [-0.25, -0.2) is 4.79 Å². The van der Waals surface area contributed by atoms with Crippen molar-refractivity contribution in [1.29, 1.82) is 0 Å². The third-order valence-electron chi connectivity index (χ3n) is 2.49. The molecule has 0 fully saturated rings. The van der Waals surface area contributed by atoms with Gasteiger partial charge in [0.05, 0.1) is 23.5 Å². The molecule has 2 aromatic heterocycles. The zero-order valence-electron chi connectivity index (χ0n) is 9.71. The van der Waals surface area contributed by atoms with E-state index >= 15 is 0 Å². The maximum atomic E-state index is 10.7. The van der Waals surface area contributed by atoms with Crippen LogP contribution >= 0.6 is 0 Å². The Morgan fingerprint density at radius 2 is 2.18 bits per heavy atom. The van der Waals surface area contributed by atoms with Crippen molar-refractivity contribution >= 4 is 5.97 Å². The molecule has 0 amide bonds. The highest BCUT2D eigenvalue weighted by Gasteiger charge is 2.05. The maximum Gasteiger partial charge on any atom is 0.337 e. The van der Waals surface area contributed by atoms with Crippen molar-refractivity contribution in [2.75, 3.05) is 0 Å². The lowest BCUT2D eigenvalue weighted by Crippen LogP contribution is -2.06. The summed E-state index contributed by atoms with van der Waals surface area (Å²) in [6.45, 7) is 4.47. The van der Waals surface area contributed by atoms with Crippen LogP contribution in [0.4, 0.5) is 0 Å². The average Bonchev–Trinajstić information content (AvgIpc) is 2.58. The van der Waals surface area contributed by atoms with E-state index in [1.165, 1.54) is 6.20 Å². The number of aromatic nitrogens is 3. The number of hydrogen-bond acceptors (Lipinski definition) is 3. The fourth-order valence-corrected chi connectivity index (χ4v) is 1.63. The van der Waals surface area contributed by atoms with E-state index < -0.39 is 5.97 Å². The van der Waals surface area contributed by atoms with Gasteiger partial charge in [0.2, 0.25) is 0 Å². The van der Waals surface area contributed by atoms with Crippen LogP contribution in [0.2, 0.25) is 0 Å². The van der Waals surface area contributed by atoms with Crippen LogP contribution < -0.4 is 0 Å². The number of pyridine rings is 1. The minimum atomic E-state index is -0.963. The normalized spacial score (nSPS) is 10.5. The zero-order valence-corrected chi connectivity index (χ0v) is 9.71. The van der Waals surface area contributed by atoms with E-state index in [9.17, 15) is 4.79 Å². The van der Waals surface area contributed by atoms with Crippen molar-refractivity contribution < 1.29 is 9.90 Å². The predicted molar refractivity (Wildman–Crippen MR) is 62.0 cm³/mol. The van der Waals surface area contributed by atoms with Crippen molar-refractivity contribution in [3.8, 4) is 0 Å². The fourth-order valence-electron chi connectivity index (χ4n) is 1.63. The molecule has 2 heterocycles. The highest BCUT2D eigenvalue weighted by atomic mass is 16.4. The first kappa shape index (κ1) is 11.3. The molecule has 0 saturated carbocycles. The van der Waals surface area contributed by atoms with Crippen LogP contribution in [0, 0.1) is 13.8 Å². The van der Waals surface area contributed by atoms with Crippen LogP contribution in [0.5, 0.6) is 0 Å². The molecular formula is C12H13N3O2. The summed E-state index contributed by atoms with van der Waals surface area (Å²) in [5, 5.41) is 13.1. The number of rotatable bonds is 3. The molecule has 0 aliphatic heterocycles. The van der Waals surface area contributed by atoms with Crippen LogP contribution in [-0.4, -0.2) is 25.8 Å². The molecule has 0 radical (unpaired) electrons. The van der Waals surface area contributed by atoms with E-state index in [0.29, 0.717) is 6.54 Å². The topological polar surface area (TPSA) is 68.0 Å². The third-order valence-corrected chi connectivity index (χ3v) is 2.49. The van der Waals surface area contributed by atoms with E-state index in [4.69, 9.17) is 5.11 Å². The van der Waals surface area contributed by atoms with Crippen LogP contribution in [0.3, 0.4) is 0 Å². The highest BCUT2D eigenvalue weighted by molar-refractivity contribution is 5.87. The van der Waals surface area contributed by atoms with Gasteiger partial charge in [-0.1, -0.05) is 0 Å². The number of carbonyl (C=O) groups is 1. The van der Waals surface area contributed by atoms with Crippen molar-refractivity contribution in [2.24, 2.45) is 0 Å². The van der Waals surface area contributed by atoms with Crippen LogP contribution in [-0.2, 0) is 6.54 Å². The third kappa shape index (κ3) is 2.50. The average molecular weight is 231 g/mol. The minimum Gasteiger partial charge on any atom is -0.478 e. The molecule has 5 heteroatoms. The summed E-state index contributed by atoms with van der Waals surface area (Å²) in [6, 6.07) is 5.25. The Bertz CT molecular complexity index is 543. The summed E-state index contributed by atoms with van der Waals surface area (Å²) in [7, 11) is 0. The van der Waals surface area contributed by atoms with Crippen LogP contribution in [0.15, 0.2) is 24.4 Å². The molecule has 0 unspecified atom stereocenters. The Hall–Kier alpha value is -2.17. The van der Waals surface area contributed by atoms with Gasteiger partial charge in [-0.3, -0.25) is 9.67 Å². The van der Waals surface area contributed by atoms with Crippen molar-refractivity contribution in [3.05, 3.63) is 47.0 Å². The Morgan fingerprint density at radius 1 is 1.41 bits per heavy atom. The molecule has 17 heavy (non-hydrogen) atoms. The fraction of sp³-hybridized carbons (Fsp3) is 0.250. The summed E-state index contributed by atoms with van der Waals surface area (Å²) in [5.41, 5.74) is 3.01. The minimum absolute atomic E-state index is 0.196. The van der Waals surface area contributed by atoms with Gasteiger partial charge in [0.25, 0.3) is 0 Å². The van der Waals surface area contributed by atoms with E-state index in [2.05, 4.69) is 10.1 Å². The van der Waals surface area contributed by atoms with Crippen molar-refractivity contribution in [2.45, 2.75) is 20.4 Å². The predicted octanol–water partition coefficient (Wildman–Crippen LogP) is 1.64. The number of hydrogen-bond donors (Lipinski definition) is 1. The molecular weight excluding hydrogens is 218 g/mol. The molecule has 1 N–H and O–H groups in total. The summed E-state index contributed by atoms with van der Waals surface area (Å²) < 4.78 is 1.85. The van der Waals surface area contributed by atoms with Gasteiger partial charge in [0, 0.05) is 11.9 Å². The number of aromatic carboxylic acids is 1. The first-order valence-corrected chi connectivity index (χ1v) is 5.25. The SMILES string of the molecule is Cc1cc(C)n(Cc2ccc(C(=O)O)cn2)n1. The lowest BCUT2D eigenvalue weighted by Gasteiger charge is -2.04. The Labute approximate surface area is 98.7 Å². The van der Waals surface area contributed by atoms with E-state index in [1.807, 2.05) is 24.6 Å². The summed E-state index contributed by atoms with van der Waals surface area (Å²) in [5.74, 6) is -0.963. The quantitative estimate of drug-likeness (QED) is 0.871. The van der Waals surface area contributed by atoms with Gasteiger partial charge in [-0.2, -0.15) is 5.10 Å². The molecule has 2 aromatic rings. The molecule has 2 rings (SSSR count). The number of nitrogens with zero attached hydrogens (tertiary/aromatic N) is 3. The number of carboxylic acid groups (broad SMARTS) is 1. The first-order valence-electron chi connectivity index (χ1n) is 5.25. The van der Waals surface area contributed by atoms with E-state index in [0.717, 1.165) is 17.1 Å². The van der Waals surface area contributed by atoms with Crippen molar-refractivity contribution in [3.63, 3.8) is 0 Å². The molecule has 0 aliphatic carbocycles. The molecule has 88 valence electrons. The second-order valence-corrected chi connectivity index (χ2v) is 3.93. The first-order chi connectivity index (χ1) is 8.06. The number of aryl methyl sites for hydroxylation is 2. The Morgan fingerprint density at radius 3 is 2.65 bits per heavy atom. The largest absolute Gasteiger partial charge is 0.478 e. The van der Waals surface area contributed by atoms with Gasteiger partial charge in [0.15, 0.2) is 0 Å². The summed E-state index contributed by atoms with van der Waals surface area (Å²) >= 11 is 0. The molecule has 0 atom stereocenters. The lowest BCUT2D eigenvalue weighted by atomic mass is 10.2. The van der Waals surface area contributed by atoms with Crippen molar-refractivity contribution in [1.82, 2.24) is 14.8 Å². The summed E-state index contributed by atoms with van der Waals surface area (Å²) in [4.78, 5) is 14.8. The van der Waals surface area contributed by atoms with Gasteiger partial charge in [0.1, 0.15) is 0 Å². The van der Waals surface area contributed by atoms with Gasteiger partial charge in [-0.15, -0.1) is 0 Å². The Balaban J connectivity index is 2.19. The monoisotopic (exact) mass is 231 g/mol. The van der Waals surface area contributed by atoms with Gasteiger partial charge in [-0.05, 0) is 32.0 Å². The van der Waals surface area contributed by atoms with E-state index in [1.54, 1.807) is 12.1 Å². The standard InChI is InChI=1S/C12H13N3O2/c1-8-5-9(2)15(14-8)7-11-4-3-10(6-13-11)12(16)17/h3-6H,7H2,1-2H3,(H,16,17). The van der Waals surface area contributed by atoms with Crippen LogP contribution in [0.25, 0.3) is 0 Å². The highest BCUT2D eigenvalue weighted by Crippen LogP contribution is 2.06. The van der Waals surface area contributed by atoms with Crippen LogP contribution in [0.1, 0.15) is 27.4 Å². The maximum absolute atomic E-state index is 10.7. The summed E-state index contributed by atoms with van der Waals surface area (Å²) in [6.07, 6.45) is 1.36. The zero-order chi connectivity index (χ0) is 12.4. The molecule has 0 aromatic carbocycles. The molecule has 0 spiro atoms. The number of carboxylic acids is 1. The smallest absolute Gasteiger partial charge is 0.337 e. The Kier molecular flexibility index (Phi) is 2.91. The van der Waals surface area contributed by atoms with Gasteiger partial charge < -0.3 is 5.11 Å². The second-order valence-electron chi connectivity index (χ2n) is 3.93. The molecule has 0 aliphatic rings. The van der Waals surface area contributed by atoms with E-state index in [-0.39, 0.29) is 5.56 Å². The molecule has 0 saturated heterocycles. The molecule has 5 nitrogen and oxygen atoms in total. The molecule has 0 bridgehead atoms. The second kappa shape index (κ2) is 4.37. The van der Waals surface area contributed by atoms with Gasteiger partial charge >= 0.3 is 5.97 Å². The lowest BCUT2D eigenvalue weighted by molar-refractivity contribution is 0.0696.